The number of nitriles is 1. The normalized spacial score (nSPS) is 17.6. The van der Waals surface area contributed by atoms with Crippen molar-refractivity contribution in [1.29, 1.82) is 5.26 Å². The molecule has 0 bridgehead atoms. The lowest BCUT2D eigenvalue weighted by atomic mass is 9.74. The molecule has 9 nitrogen and oxygen atoms in total. The summed E-state index contributed by atoms with van der Waals surface area (Å²) in [5.41, 5.74) is 1.40. The van der Waals surface area contributed by atoms with Crippen LogP contribution in [0.25, 0.3) is 10.8 Å². The van der Waals surface area contributed by atoms with Gasteiger partial charge in [-0.2, -0.15) is 5.26 Å². The summed E-state index contributed by atoms with van der Waals surface area (Å²) < 4.78 is 17.4. The number of aryl methyl sites for hydroxylation is 1. The highest BCUT2D eigenvalue weighted by Crippen LogP contribution is 2.40. The van der Waals surface area contributed by atoms with Crippen LogP contribution in [0.3, 0.4) is 0 Å². The number of hydrogen-bond donors (Lipinski definition) is 2. The second kappa shape index (κ2) is 13.1. The summed E-state index contributed by atoms with van der Waals surface area (Å²) in [6.07, 6.45) is 1.86. The predicted octanol–water partition coefficient (Wildman–Crippen LogP) is 7.05. The third-order valence-corrected chi connectivity index (χ3v) is 8.38. The number of ether oxygens (including phenoxy) is 3. The van der Waals surface area contributed by atoms with Gasteiger partial charge < -0.3 is 24.6 Å². The van der Waals surface area contributed by atoms with E-state index in [1.807, 2.05) is 49.4 Å². The van der Waals surface area contributed by atoms with Gasteiger partial charge in [-0.3, -0.25) is 9.59 Å². The number of nitrogens with one attached hydrogen (secondary N) is 1. The van der Waals surface area contributed by atoms with E-state index in [9.17, 15) is 24.8 Å². The maximum absolute atomic E-state index is 13.3. The number of esters is 1. The van der Waals surface area contributed by atoms with E-state index in [1.54, 1.807) is 19.1 Å². The number of hydrogen-bond acceptors (Lipinski definition) is 7. The predicted molar refractivity (Wildman–Crippen MR) is 169 cm³/mol. The van der Waals surface area contributed by atoms with Gasteiger partial charge in [-0.25, -0.2) is 4.79 Å². The number of methoxy groups -OCH3 is 1. The fourth-order valence-electron chi connectivity index (χ4n) is 5.69. The molecular formula is C36H34N2O7. The molecule has 2 N–H and O–H groups in total. The van der Waals surface area contributed by atoms with Crippen LogP contribution >= 0.6 is 0 Å². The van der Waals surface area contributed by atoms with Crippen molar-refractivity contribution in [2.75, 3.05) is 12.4 Å². The lowest BCUT2D eigenvalue weighted by molar-refractivity contribution is -0.159. The Balaban J connectivity index is 1.27. The minimum atomic E-state index is -1.18. The zero-order valence-electron chi connectivity index (χ0n) is 25.4. The summed E-state index contributed by atoms with van der Waals surface area (Å²) >= 11 is 0. The van der Waals surface area contributed by atoms with Crippen LogP contribution in [-0.2, 0) is 16.1 Å². The number of amides is 1. The van der Waals surface area contributed by atoms with Gasteiger partial charge in [0.15, 0.2) is 0 Å². The summed E-state index contributed by atoms with van der Waals surface area (Å²) in [7, 11) is 1.38. The van der Waals surface area contributed by atoms with E-state index in [-0.39, 0.29) is 52.6 Å². The van der Waals surface area contributed by atoms with Gasteiger partial charge >= 0.3 is 11.9 Å². The number of carboxylic acids is 1. The first-order chi connectivity index (χ1) is 21.6. The first kappa shape index (κ1) is 31.1. The molecule has 1 aliphatic rings. The van der Waals surface area contributed by atoms with E-state index < -0.39 is 17.3 Å². The Kier molecular flexibility index (Phi) is 9.05. The fourth-order valence-corrected chi connectivity index (χ4v) is 5.69. The van der Waals surface area contributed by atoms with Crippen molar-refractivity contribution in [3.05, 3.63) is 101 Å². The molecule has 1 amide bonds. The number of carboxylic acid groups (broad SMARTS) is 1. The lowest BCUT2D eigenvalue weighted by Gasteiger charge is -2.35. The molecule has 230 valence electrons. The molecule has 4 aromatic carbocycles. The number of aromatic carboxylic acids is 1. The number of fused-ring (bicyclic) bond motifs is 1. The van der Waals surface area contributed by atoms with Crippen molar-refractivity contribution in [3.63, 3.8) is 0 Å². The van der Waals surface area contributed by atoms with E-state index in [4.69, 9.17) is 14.2 Å². The van der Waals surface area contributed by atoms with Gasteiger partial charge in [-0.15, -0.1) is 0 Å². The first-order valence-corrected chi connectivity index (χ1v) is 14.7. The Morgan fingerprint density at radius 1 is 0.978 bits per heavy atom. The number of nitrogens with zero attached hydrogens (tertiary/aromatic N) is 1. The van der Waals surface area contributed by atoms with Crippen LogP contribution in [-0.4, -0.2) is 36.2 Å². The number of benzene rings is 4. The molecule has 5 rings (SSSR count). The van der Waals surface area contributed by atoms with E-state index in [2.05, 4.69) is 11.4 Å². The van der Waals surface area contributed by atoms with Crippen molar-refractivity contribution in [2.45, 2.75) is 52.2 Å². The molecule has 0 atom stereocenters. The molecule has 1 saturated carbocycles. The van der Waals surface area contributed by atoms with Crippen molar-refractivity contribution in [2.24, 2.45) is 5.41 Å². The number of anilines is 1. The van der Waals surface area contributed by atoms with Gasteiger partial charge in [-0.05, 0) is 79.6 Å². The topological polar surface area (TPSA) is 135 Å². The molecule has 0 spiro atoms. The van der Waals surface area contributed by atoms with E-state index in [1.165, 1.54) is 25.3 Å². The highest BCUT2D eigenvalue weighted by atomic mass is 16.5. The largest absolute Gasteiger partial charge is 0.496 e. The highest BCUT2D eigenvalue weighted by molar-refractivity contribution is 6.09. The molecular weight excluding hydrogens is 572 g/mol. The first-order valence-electron chi connectivity index (χ1n) is 14.7. The van der Waals surface area contributed by atoms with Crippen molar-refractivity contribution < 1.29 is 33.7 Å². The number of carbonyl (C=O) groups excluding carboxylic acids is 2. The molecule has 4 aromatic rings. The minimum absolute atomic E-state index is 0.0565. The molecule has 45 heavy (non-hydrogen) atoms. The van der Waals surface area contributed by atoms with Crippen LogP contribution in [0.2, 0.25) is 0 Å². The molecule has 0 saturated heterocycles. The smallest absolute Gasteiger partial charge is 0.337 e. The second-order valence-electron chi connectivity index (χ2n) is 11.6. The van der Waals surface area contributed by atoms with Crippen molar-refractivity contribution in [3.8, 4) is 17.6 Å². The van der Waals surface area contributed by atoms with Gasteiger partial charge in [0.05, 0.1) is 41.0 Å². The maximum Gasteiger partial charge on any atom is 0.337 e. The number of carbonyl (C=O) groups is 3. The summed E-state index contributed by atoms with van der Waals surface area (Å²) in [4.78, 5) is 38.3. The van der Waals surface area contributed by atoms with Gasteiger partial charge in [0.1, 0.15) is 24.2 Å². The third kappa shape index (κ3) is 6.75. The minimum Gasteiger partial charge on any atom is -0.496 e. The van der Waals surface area contributed by atoms with Crippen molar-refractivity contribution in [1.82, 2.24) is 0 Å². The Bertz CT molecular complexity index is 1810. The van der Waals surface area contributed by atoms with E-state index >= 15 is 0 Å². The van der Waals surface area contributed by atoms with Gasteiger partial charge in [-0.1, -0.05) is 48.5 Å². The zero-order chi connectivity index (χ0) is 32.1. The molecule has 1 aliphatic carbocycles. The molecule has 0 heterocycles. The van der Waals surface area contributed by atoms with Gasteiger partial charge in [0, 0.05) is 6.07 Å². The molecule has 0 radical (unpaired) electrons. The molecule has 0 unspecified atom stereocenters. The lowest BCUT2D eigenvalue weighted by Crippen LogP contribution is -2.37. The average Bonchev–Trinajstić information content (AvgIpc) is 3.04. The summed E-state index contributed by atoms with van der Waals surface area (Å²) in [5.74, 6) is -1.70. The average molecular weight is 607 g/mol. The number of rotatable bonds is 9. The van der Waals surface area contributed by atoms with Gasteiger partial charge in [0.2, 0.25) is 0 Å². The molecule has 0 aromatic heterocycles. The molecule has 0 aliphatic heterocycles. The van der Waals surface area contributed by atoms with E-state index in [0.29, 0.717) is 25.7 Å². The molecule has 9 heteroatoms. The standard InChI is InChI=1S/C36H34N2O7/c1-22-11-12-28(34(40)41)30(17-22)38-33(39)29-19-31(25(20-37)18-32(29)43-3)45-26-13-15-36(2,16-14-26)35(42)44-21-24-9-6-8-23-7-4-5-10-27(23)24/h4-12,17-19,26H,13-16,21H2,1-3H3,(H,38,39)(H,40,41). The van der Waals surface area contributed by atoms with Crippen molar-refractivity contribution >= 4 is 34.3 Å². The highest BCUT2D eigenvalue weighted by Gasteiger charge is 2.40. The van der Waals surface area contributed by atoms with Crippen LogP contribution in [0.4, 0.5) is 5.69 Å². The second-order valence-corrected chi connectivity index (χ2v) is 11.6. The van der Waals surface area contributed by atoms with Gasteiger partial charge in [0.25, 0.3) is 5.91 Å². The third-order valence-electron chi connectivity index (χ3n) is 8.38. The Hall–Kier alpha value is -5.36. The maximum atomic E-state index is 13.3. The fraction of sp³-hybridized carbons (Fsp3) is 0.278. The Labute approximate surface area is 261 Å². The SMILES string of the molecule is COc1cc(C#N)c(OC2CCC(C)(C(=O)OCc3cccc4ccccc34)CC2)cc1C(=O)Nc1cc(C)ccc1C(=O)O. The Morgan fingerprint density at radius 2 is 1.71 bits per heavy atom. The monoisotopic (exact) mass is 606 g/mol. The van der Waals surface area contributed by atoms with Crippen LogP contribution in [0.1, 0.15) is 70.0 Å². The molecule has 1 fully saturated rings. The van der Waals surface area contributed by atoms with E-state index in [0.717, 1.165) is 21.9 Å². The van der Waals surface area contributed by atoms with Crippen LogP contribution in [0.5, 0.6) is 11.5 Å². The quantitative estimate of drug-likeness (QED) is 0.194. The van der Waals surface area contributed by atoms with Crippen LogP contribution in [0, 0.1) is 23.7 Å². The summed E-state index contributed by atoms with van der Waals surface area (Å²) in [6.45, 7) is 3.88. The summed E-state index contributed by atoms with van der Waals surface area (Å²) in [6, 6.07) is 23.5. The Morgan fingerprint density at radius 3 is 2.42 bits per heavy atom. The summed E-state index contributed by atoms with van der Waals surface area (Å²) in [5, 5.41) is 24.2. The van der Waals surface area contributed by atoms with Crippen LogP contribution < -0.4 is 14.8 Å². The zero-order valence-corrected chi connectivity index (χ0v) is 25.4. The van der Waals surface area contributed by atoms with Crippen LogP contribution in [0.15, 0.2) is 72.8 Å².